The number of hydrogen-bond donors (Lipinski definition) is 0. The highest BCUT2D eigenvalue weighted by molar-refractivity contribution is 5.79. The van der Waals surface area contributed by atoms with Crippen LogP contribution in [0, 0.1) is 10.1 Å². The van der Waals surface area contributed by atoms with Crippen LogP contribution < -0.4 is 4.74 Å². The lowest BCUT2D eigenvalue weighted by atomic mass is 10.1. The lowest BCUT2D eigenvalue weighted by Gasteiger charge is -2.23. The molecule has 3 aromatic carbocycles. The average molecular weight is 404 g/mol. The maximum Gasteiger partial charge on any atom is 0.311 e. The molecule has 30 heavy (non-hydrogen) atoms. The Kier molecular flexibility index (Phi) is 6.89. The van der Waals surface area contributed by atoms with E-state index < -0.39 is 4.92 Å². The van der Waals surface area contributed by atoms with Crippen LogP contribution in [0.4, 0.5) is 5.69 Å². The van der Waals surface area contributed by atoms with Crippen molar-refractivity contribution in [2.45, 2.75) is 13.1 Å². The zero-order chi connectivity index (χ0) is 21.3. The molecule has 0 heterocycles. The Bertz CT molecular complexity index is 981. The fraction of sp³-hybridized carbons (Fsp3) is 0.130. The fourth-order valence-electron chi connectivity index (χ4n) is 2.94. The quantitative estimate of drug-likeness (QED) is 0.305. The van der Waals surface area contributed by atoms with E-state index in [9.17, 15) is 19.7 Å². The van der Waals surface area contributed by atoms with E-state index in [0.29, 0.717) is 19.4 Å². The van der Waals surface area contributed by atoms with Crippen LogP contribution in [-0.4, -0.2) is 28.6 Å². The summed E-state index contributed by atoms with van der Waals surface area (Å²) >= 11 is 0. The molecule has 0 radical (unpaired) electrons. The maximum absolute atomic E-state index is 12.9. The van der Waals surface area contributed by atoms with Crippen LogP contribution in [0.2, 0.25) is 0 Å². The molecule has 0 aliphatic rings. The molecule has 0 atom stereocenters. The van der Waals surface area contributed by atoms with Gasteiger partial charge in [0.25, 0.3) is 5.91 Å². The molecule has 0 N–H and O–H groups in total. The Labute approximate surface area is 173 Å². The van der Waals surface area contributed by atoms with Gasteiger partial charge in [0.1, 0.15) is 6.29 Å². The molecule has 0 saturated carbocycles. The molecule has 0 bridgehead atoms. The van der Waals surface area contributed by atoms with Gasteiger partial charge in [-0.25, -0.2) is 0 Å². The molecular weight excluding hydrogens is 384 g/mol. The Morgan fingerprint density at radius 3 is 2.00 bits per heavy atom. The van der Waals surface area contributed by atoms with Crippen LogP contribution in [0.1, 0.15) is 21.5 Å². The fourth-order valence-corrected chi connectivity index (χ4v) is 2.94. The first kappa shape index (κ1) is 20.7. The second-order valence-corrected chi connectivity index (χ2v) is 6.61. The van der Waals surface area contributed by atoms with Crippen molar-refractivity contribution in [3.8, 4) is 5.75 Å². The van der Waals surface area contributed by atoms with E-state index in [1.165, 1.54) is 12.1 Å². The minimum absolute atomic E-state index is 0.0571. The molecule has 3 aromatic rings. The molecule has 0 saturated heterocycles. The summed E-state index contributed by atoms with van der Waals surface area (Å²) in [6, 6.07) is 23.0. The van der Waals surface area contributed by atoms with Crippen LogP contribution in [0.25, 0.3) is 0 Å². The number of carbonyl (C=O) groups excluding carboxylic acids is 2. The SMILES string of the molecule is O=Cc1ccc(OCC(=O)N(Cc2ccccc2)Cc2ccccc2)c([N+](=O)[O-])c1. The van der Waals surface area contributed by atoms with Gasteiger partial charge in [0.15, 0.2) is 12.4 Å². The van der Waals surface area contributed by atoms with E-state index in [4.69, 9.17) is 4.74 Å². The van der Waals surface area contributed by atoms with E-state index in [0.717, 1.165) is 17.2 Å². The van der Waals surface area contributed by atoms with Gasteiger partial charge in [-0.3, -0.25) is 19.7 Å². The number of amides is 1. The highest BCUT2D eigenvalue weighted by Crippen LogP contribution is 2.27. The van der Waals surface area contributed by atoms with Crippen LogP contribution in [0.3, 0.4) is 0 Å². The molecule has 0 aliphatic carbocycles. The molecule has 3 rings (SSSR count). The number of nitro groups is 1. The summed E-state index contributed by atoms with van der Waals surface area (Å²) in [6.45, 7) is 0.398. The molecule has 0 unspecified atom stereocenters. The molecule has 0 fully saturated rings. The molecule has 0 aromatic heterocycles. The molecule has 7 nitrogen and oxygen atoms in total. The van der Waals surface area contributed by atoms with E-state index in [-0.39, 0.29) is 29.5 Å². The molecule has 0 aliphatic heterocycles. The highest BCUT2D eigenvalue weighted by Gasteiger charge is 2.20. The van der Waals surface area contributed by atoms with Gasteiger partial charge in [-0.05, 0) is 23.3 Å². The van der Waals surface area contributed by atoms with E-state index in [1.54, 1.807) is 4.90 Å². The zero-order valence-electron chi connectivity index (χ0n) is 16.1. The summed E-state index contributed by atoms with van der Waals surface area (Å²) in [5, 5.41) is 11.3. The first-order valence-corrected chi connectivity index (χ1v) is 9.29. The van der Waals surface area contributed by atoms with Crippen molar-refractivity contribution in [3.05, 3.63) is 106 Å². The molecule has 1 amide bonds. The Balaban J connectivity index is 1.76. The summed E-state index contributed by atoms with van der Waals surface area (Å²) in [7, 11) is 0. The number of nitro benzene ring substituents is 1. The summed E-state index contributed by atoms with van der Waals surface area (Å²) in [6.07, 6.45) is 0.517. The van der Waals surface area contributed by atoms with Crippen LogP contribution in [0.15, 0.2) is 78.9 Å². The van der Waals surface area contributed by atoms with Crippen molar-refractivity contribution in [1.29, 1.82) is 0 Å². The maximum atomic E-state index is 12.9. The van der Waals surface area contributed by atoms with Crippen molar-refractivity contribution >= 4 is 17.9 Å². The number of ether oxygens (including phenoxy) is 1. The van der Waals surface area contributed by atoms with Crippen molar-refractivity contribution in [2.24, 2.45) is 0 Å². The van der Waals surface area contributed by atoms with Gasteiger partial charge >= 0.3 is 5.69 Å². The smallest absolute Gasteiger partial charge is 0.311 e. The minimum atomic E-state index is -0.640. The first-order chi connectivity index (χ1) is 14.6. The third-order valence-electron chi connectivity index (χ3n) is 4.45. The van der Waals surface area contributed by atoms with Crippen molar-refractivity contribution in [2.75, 3.05) is 6.61 Å². The molecule has 0 spiro atoms. The van der Waals surface area contributed by atoms with Gasteiger partial charge < -0.3 is 9.64 Å². The number of hydrogen-bond acceptors (Lipinski definition) is 5. The van der Waals surface area contributed by atoms with Gasteiger partial charge in [-0.2, -0.15) is 0 Å². The zero-order valence-corrected chi connectivity index (χ0v) is 16.1. The lowest BCUT2D eigenvalue weighted by Crippen LogP contribution is -2.34. The van der Waals surface area contributed by atoms with Crippen LogP contribution >= 0.6 is 0 Å². The van der Waals surface area contributed by atoms with E-state index >= 15 is 0 Å². The largest absolute Gasteiger partial charge is 0.477 e. The first-order valence-electron chi connectivity index (χ1n) is 9.29. The number of nitrogens with zero attached hydrogens (tertiary/aromatic N) is 2. The Hall–Kier alpha value is -4.00. The van der Waals surface area contributed by atoms with Gasteiger partial charge in [0.05, 0.1) is 4.92 Å². The summed E-state index contributed by atoms with van der Waals surface area (Å²) in [4.78, 5) is 36.0. The Morgan fingerprint density at radius 1 is 0.933 bits per heavy atom. The van der Waals surface area contributed by atoms with Gasteiger partial charge in [-0.15, -0.1) is 0 Å². The van der Waals surface area contributed by atoms with E-state index in [1.807, 2.05) is 60.7 Å². The number of carbonyl (C=O) groups is 2. The van der Waals surface area contributed by atoms with Gasteiger partial charge in [-0.1, -0.05) is 60.7 Å². The molecule has 7 heteroatoms. The van der Waals surface area contributed by atoms with E-state index in [2.05, 4.69) is 0 Å². The minimum Gasteiger partial charge on any atom is -0.477 e. The molecular formula is C23H20N2O5. The predicted octanol–water partition coefficient (Wildman–Crippen LogP) is 4.02. The number of aldehydes is 1. The second kappa shape index (κ2) is 9.97. The van der Waals surface area contributed by atoms with Gasteiger partial charge in [0.2, 0.25) is 0 Å². The second-order valence-electron chi connectivity index (χ2n) is 6.61. The normalized spacial score (nSPS) is 10.3. The average Bonchev–Trinajstić information content (AvgIpc) is 2.78. The predicted molar refractivity (Wildman–Crippen MR) is 111 cm³/mol. The third-order valence-corrected chi connectivity index (χ3v) is 4.45. The van der Waals surface area contributed by atoms with Crippen molar-refractivity contribution < 1.29 is 19.2 Å². The summed E-state index contributed by atoms with van der Waals surface area (Å²) < 4.78 is 5.47. The topological polar surface area (TPSA) is 89.8 Å². The van der Waals surface area contributed by atoms with Crippen molar-refractivity contribution in [3.63, 3.8) is 0 Å². The standard InChI is InChI=1S/C23H20N2O5/c26-16-20-11-12-22(21(13-20)25(28)29)30-17-23(27)24(14-18-7-3-1-4-8-18)15-19-9-5-2-6-10-19/h1-13,16H,14-15,17H2. The monoisotopic (exact) mass is 404 g/mol. The number of benzene rings is 3. The molecule has 152 valence electrons. The van der Waals surface area contributed by atoms with Crippen LogP contribution in [0.5, 0.6) is 5.75 Å². The lowest BCUT2D eigenvalue weighted by molar-refractivity contribution is -0.385. The summed E-state index contributed by atoms with van der Waals surface area (Å²) in [5.74, 6) is -0.366. The Morgan fingerprint density at radius 2 is 1.50 bits per heavy atom. The highest BCUT2D eigenvalue weighted by atomic mass is 16.6. The van der Waals surface area contributed by atoms with Gasteiger partial charge in [0, 0.05) is 24.7 Å². The third kappa shape index (κ3) is 5.51. The summed E-state index contributed by atoms with van der Waals surface area (Å²) in [5.41, 5.74) is 1.73. The van der Waals surface area contributed by atoms with Crippen LogP contribution in [-0.2, 0) is 17.9 Å². The van der Waals surface area contributed by atoms with Crippen molar-refractivity contribution in [1.82, 2.24) is 4.90 Å². The number of rotatable bonds is 9.